The van der Waals surface area contributed by atoms with Gasteiger partial charge in [0.2, 0.25) is 0 Å². The Kier molecular flexibility index (Phi) is 6.17. The molecule has 1 aliphatic carbocycles. The summed E-state index contributed by atoms with van der Waals surface area (Å²) in [6.07, 6.45) is 5.42. The van der Waals surface area contributed by atoms with Gasteiger partial charge in [0.1, 0.15) is 12.4 Å². The van der Waals surface area contributed by atoms with E-state index >= 15 is 0 Å². The number of hydrogen-bond acceptors (Lipinski definition) is 2. The van der Waals surface area contributed by atoms with Crippen molar-refractivity contribution in [3.63, 3.8) is 0 Å². The van der Waals surface area contributed by atoms with Gasteiger partial charge in [-0.25, -0.2) is 0 Å². The molecule has 0 saturated heterocycles. The van der Waals surface area contributed by atoms with E-state index in [9.17, 15) is 0 Å². The highest BCUT2D eigenvalue weighted by Gasteiger charge is 2.20. The summed E-state index contributed by atoms with van der Waals surface area (Å²) in [6.45, 7) is 3.98. The maximum Gasteiger partial charge on any atom is 0.133 e. The van der Waals surface area contributed by atoms with Crippen LogP contribution in [0.15, 0.2) is 27.1 Å². The molecule has 0 aromatic heterocycles. The van der Waals surface area contributed by atoms with Gasteiger partial charge in [0.05, 0.1) is 4.47 Å². The van der Waals surface area contributed by atoms with E-state index in [4.69, 9.17) is 4.74 Å². The summed E-state index contributed by atoms with van der Waals surface area (Å²) < 4.78 is 7.84. The maximum atomic E-state index is 5.79. The summed E-state index contributed by atoms with van der Waals surface area (Å²) in [7, 11) is 0. The maximum absolute atomic E-state index is 5.79. The fourth-order valence-electron chi connectivity index (χ4n) is 2.62. The monoisotopic (exact) mass is 389 g/mol. The molecular formula is C15H21Br2NO. The molecule has 1 aromatic carbocycles. The third kappa shape index (κ3) is 4.76. The first-order chi connectivity index (χ1) is 9.16. The molecule has 4 heteroatoms. The van der Waals surface area contributed by atoms with Gasteiger partial charge in [0, 0.05) is 17.1 Å². The van der Waals surface area contributed by atoms with Gasteiger partial charge in [-0.3, -0.25) is 0 Å². The van der Waals surface area contributed by atoms with Crippen LogP contribution in [-0.4, -0.2) is 19.2 Å². The van der Waals surface area contributed by atoms with Crippen LogP contribution in [0.3, 0.4) is 0 Å². The van der Waals surface area contributed by atoms with Crippen molar-refractivity contribution in [1.29, 1.82) is 0 Å². The van der Waals surface area contributed by atoms with Crippen LogP contribution in [0, 0.1) is 5.92 Å². The Morgan fingerprint density at radius 3 is 2.79 bits per heavy atom. The predicted molar refractivity (Wildman–Crippen MR) is 86.8 cm³/mol. The molecule has 2 rings (SSSR count). The average molecular weight is 391 g/mol. The minimum Gasteiger partial charge on any atom is -0.491 e. The van der Waals surface area contributed by atoms with Gasteiger partial charge in [-0.05, 0) is 52.9 Å². The normalized spacial score (nSPS) is 23.3. The molecule has 0 spiro atoms. The summed E-state index contributed by atoms with van der Waals surface area (Å²) >= 11 is 6.95. The molecule has 0 amide bonds. The van der Waals surface area contributed by atoms with Crippen LogP contribution < -0.4 is 10.1 Å². The Morgan fingerprint density at radius 2 is 2.05 bits per heavy atom. The lowest BCUT2D eigenvalue weighted by molar-refractivity contribution is 0.250. The van der Waals surface area contributed by atoms with Crippen molar-refractivity contribution in [2.24, 2.45) is 5.92 Å². The quantitative estimate of drug-likeness (QED) is 0.731. The van der Waals surface area contributed by atoms with Crippen LogP contribution in [-0.2, 0) is 0 Å². The minimum atomic E-state index is 0.672. The Balaban J connectivity index is 1.71. The standard InChI is InChI=1S/C15H21Br2NO/c1-11-4-2-3-5-14(11)18-8-9-19-15-7-6-12(16)10-13(15)17/h6-7,10-11,14,18H,2-5,8-9H2,1H3. The van der Waals surface area contributed by atoms with Crippen molar-refractivity contribution in [3.8, 4) is 5.75 Å². The van der Waals surface area contributed by atoms with Gasteiger partial charge in [-0.15, -0.1) is 0 Å². The molecule has 0 heterocycles. The number of benzene rings is 1. The molecule has 1 aromatic rings. The second-order valence-electron chi connectivity index (χ2n) is 5.25. The third-order valence-corrected chi connectivity index (χ3v) is 4.88. The summed E-state index contributed by atoms with van der Waals surface area (Å²) in [5.74, 6) is 1.70. The smallest absolute Gasteiger partial charge is 0.133 e. The summed E-state index contributed by atoms with van der Waals surface area (Å²) in [5.41, 5.74) is 0. The topological polar surface area (TPSA) is 21.3 Å². The van der Waals surface area contributed by atoms with Crippen LogP contribution >= 0.6 is 31.9 Å². The first-order valence-electron chi connectivity index (χ1n) is 6.98. The molecule has 2 unspecified atom stereocenters. The van der Waals surface area contributed by atoms with Gasteiger partial charge in [-0.1, -0.05) is 35.7 Å². The summed E-state index contributed by atoms with van der Waals surface area (Å²) in [4.78, 5) is 0. The Labute approximate surface area is 132 Å². The van der Waals surface area contributed by atoms with E-state index < -0.39 is 0 Å². The molecular weight excluding hydrogens is 370 g/mol. The molecule has 2 nitrogen and oxygen atoms in total. The molecule has 2 atom stereocenters. The third-order valence-electron chi connectivity index (χ3n) is 3.77. The number of rotatable bonds is 5. The van der Waals surface area contributed by atoms with Gasteiger partial charge in [0.15, 0.2) is 0 Å². The number of ether oxygens (including phenoxy) is 1. The van der Waals surface area contributed by atoms with Gasteiger partial charge < -0.3 is 10.1 Å². The zero-order chi connectivity index (χ0) is 13.7. The molecule has 1 saturated carbocycles. The second-order valence-corrected chi connectivity index (χ2v) is 7.02. The first-order valence-corrected chi connectivity index (χ1v) is 8.56. The van der Waals surface area contributed by atoms with E-state index in [1.54, 1.807) is 0 Å². The Hall–Kier alpha value is -0.0600. The molecule has 0 bridgehead atoms. The Bertz CT molecular complexity index is 411. The highest BCUT2D eigenvalue weighted by Crippen LogP contribution is 2.28. The zero-order valence-corrected chi connectivity index (χ0v) is 14.5. The van der Waals surface area contributed by atoms with Crippen molar-refractivity contribution in [2.75, 3.05) is 13.2 Å². The second kappa shape index (κ2) is 7.65. The highest BCUT2D eigenvalue weighted by atomic mass is 79.9. The van der Waals surface area contributed by atoms with Crippen LogP contribution in [0.25, 0.3) is 0 Å². The van der Waals surface area contributed by atoms with E-state index in [-0.39, 0.29) is 0 Å². The largest absolute Gasteiger partial charge is 0.491 e. The zero-order valence-electron chi connectivity index (χ0n) is 11.3. The van der Waals surface area contributed by atoms with E-state index in [0.29, 0.717) is 12.6 Å². The van der Waals surface area contributed by atoms with Crippen LogP contribution in [0.1, 0.15) is 32.6 Å². The lowest BCUT2D eigenvalue weighted by Crippen LogP contribution is -2.39. The van der Waals surface area contributed by atoms with Crippen LogP contribution in [0.4, 0.5) is 0 Å². The molecule has 0 radical (unpaired) electrons. The number of nitrogens with one attached hydrogen (secondary N) is 1. The van der Waals surface area contributed by atoms with Crippen molar-refractivity contribution >= 4 is 31.9 Å². The summed E-state index contributed by atoms with van der Waals surface area (Å²) in [5, 5.41) is 3.62. The van der Waals surface area contributed by atoms with Crippen molar-refractivity contribution in [1.82, 2.24) is 5.32 Å². The van der Waals surface area contributed by atoms with Crippen molar-refractivity contribution in [3.05, 3.63) is 27.1 Å². The SMILES string of the molecule is CC1CCCCC1NCCOc1ccc(Br)cc1Br. The van der Waals surface area contributed by atoms with E-state index in [2.05, 4.69) is 44.1 Å². The molecule has 0 aliphatic heterocycles. The van der Waals surface area contributed by atoms with Gasteiger partial charge >= 0.3 is 0 Å². The Morgan fingerprint density at radius 1 is 1.26 bits per heavy atom. The molecule has 1 N–H and O–H groups in total. The van der Waals surface area contributed by atoms with E-state index in [1.807, 2.05) is 18.2 Å². The molecule has 1 aliphatic rings. The fraction of sp³-hybridized carbons (Fsp3) is 0.600. The average Bonchev–Trinajstić information content (AvgIpc) is 2.38. The van der Waals surface area contributed by atoms with Gasteiger partial charge in [0.25, 0.3) is 0 Å². The highest BCUT2D eigenvalue weighted by molar-refractivity contribution is 9.11. The summed E-state index contributed by atoms with van der Waals surface area (Å²) in [6, 6.07) is 6.66. The van der Waals surface area contributed by atoms with Crippen LogP contribution in [0.5, 0.6) is 5.75 Å². The van der Waals surface area contributed by atoms with E-state index in [0.717, 1.165) is 27.2 Å². The number of hydrogen-bond donors (Lipinski definition) is 1. The molecule has 19 heavy (non-hydrogen) atoms. The van der Waals surface area contributed by atoms with E-state index in [1.165, 1.54) is 25.7 Å². The predicted octanol–water partition coefficient (Wildman–Crippen LogP) is 4.76. The lowest BCUT2D eigenvalue weighted by Gasteiger charge is -2.29. The van der Waals surface area contributed by atoms with Crippen molar-refractivity contribution < 1.29 is 4.74 Å². The minimum absolute atomic E-state index is 0.672. The molecule has 1 fully saturated rings. The first kappa shape index (κ1) is 15.3. The van der Waals surface area contributed by atoms with Gasteiger partial charge in [-0.2, -0.15) is 0 Å². The van der Waals surface area contributed by atoms with Crippen LogP contribution in [0.2, 0.25) is 0 Å². The number of halogens is 2. The lowest BCUT2D eigenvalue weighted by atomic mass is 9.86. The fourth-order valence-corrected chi connectivity index (χ4v) is 3.78. The van der Waals surface area contributed by atoms with Crippen molar-refractivity contribution in [2.45, 2.75) is 38.6 Å². The molecule has 106 valence electrons.